The molecule has 0 spiro atoms. The minimum Gasteiger partial charge on any atom is -0.460 e. The van der Waals surface area contributed by atoms with Crippen molar-refractivity contribution in [3.05, 3.63) is 27.1 Å². The first-order valence-electron chi connectivity index (χ1n) is 10.6. The fourth-order valence-corrected chi connectivity index (χ4v) is 4.94. The molecule has 8 heteroatoms. The molecule has 3 rings (SSSR count). The Kier molecular flexibility index (Phi) is 6.95. The Labute approximate surface area is 181 Å². The van der Waals surface area contributed by atoms with E-state index in [-0.39, 0.29) is 30.3 Å². The summed E-state index contributed by atoms with van der Waals surface area (Å²) in [5.74, 6) is -0.313. The molecule has 2 aromatic rings. The highest BCUT2D eigenvalue weighted by molar-refractivity contribution is 7.18. The summed E-state index contributed by atoms with van der Waals surface area (Å²) in [5, 5.41) is 0.746. The van der Waals surface area contributed by atoms with Crippen LogP contribution in [0.25, 0.3) is 10.2 Å². The number of ether oxygens (including phenoxy) is 1. The van der Waals surface area contributed by atoms with Gasteiger partial charge >= 0.3 is 5.97 Å². The smallest absolute Gasteiger partial charge is 0.306 e. The molecule has 164 valence electrons. The van der Waals surface area contributed by atoms with Crippen LogP contribution in [0, 0.1) is 0 Å². The Morgan fingerprint density at radius 3 is 2.70 bits per heavy atom. The molecule has 0 atom stereocenters. The second kappa shape index (κ2) is 9.29. The van der Waals surface area contributed by atoms with Gasteiger partial charge in [0.1, 0.15) is 10.4 Å². The van der Waals surface area contributed by atoms with Crippen LogP contribution in [0.5, 0.6) is 0 Å². The lowest BCUT2D eigenvalue weighted by atomic mass is 9.97. The van der Waals surface area contributed by atoms with Crippen LogP contribution >= 0.6 is 11.3 Å². The highest BCUT2D eigenvalue weighted by Crippen LogP contribution is 2.33. The highest BCUT2D eigenvalue weighted by Gasteiger charge is 2.20. The van der Waals surface area contributed by atoms with Gasteiger partial charge in [-0.05, 0) is 58.4 Å². The Morgan fingerprint density at radius 2 is 1.97 bits per heavy atom. The fraction of sp³-hybridized carbons (Fsp3) is 0.636. The van der Waals surface area contributed by atoms with E-state index in [0.717, 1.165) is 29.5 Å². The SMILES string of the molecule is CN(CCCC(=O)OC(C)(C)C)C(=O)CCn1cnc2sc3c(c2c1=O)CCCC3. The first kappa shape index (κ1) is 22.5. The topological polar surface area (TPSA) is 81.5 Å². The second-order valence-corrected chi connectivity index (χ2v) is 9.97. The molecular weight excluding hydrogens is 402 g/mol. The molecule has 2 aromatic heterocycles. The van der Waals surface area contributed by atoms with Gasteiger partial charge in [0.05, 0.1) is 11.7 Å². The molecule has 7 nitrogen and oxygen atoms in total. The number of rotatable bonds is 7. The van der Waals surface area contributed by atoms with Crippen molar-refractivity contribution in [2.75, 3.05) is 13.6 Å². The molecular formula is C22H31N3O4S. The number of carbonyl (C=O) groups excluding carboxylic acids is 2. The van der Waals surface area contributed by atoms with Gasteiger partial charge in [0.25, 0.3) is 5.56 Å². The van der Waals surface area contributed by atoms with Crippen LogP contribution in [-0.2, 0) is 33.7 Å². The Morgan fingerprint density at radius 1 is 1.23 bits per heavy atom. The summed E-state index contributed by atoms with van der Waals surface area (Å²) < 4.78 is 6.83. The van der Waals surface area contributed by atoms with Gasteiger partial charge in [-0.3, -0.25) is 19.0 Å². The summed E-state index contributed by atoms with van der Waals surface area (Å²) in [7, 11) is 1.72. The third-order valence-electron chi connectivity index (χ3n) is 5.23. The summed E-state index contributed by atoms with van der Waals surface area (Å²) in [4.78, 5) is 45.4. The summed E-state index contributed by atoms with van der Waals surface area (Å²) >= 11 is 1.63. The summed E-state index contributed by atoms with van der Waals surface area (Å²) in [6.07, 6.45) is 6.86. The predicted molar refractivity (Wildman–Crippen MR) is 118 cm³/mol. The van der Waals surface area contributed by atoms with Crippen molar-refractivity contribution >= 4 is 33.4 Å². The van der Waals surface area contributed by atoms with Gasteiger partial charge in [0.2, 0.25) is 5.91 Å². The maximum Gasteiger partial charge on any atom is 0.306 e. The molecule has 1 aliphatic carbocycles. The van der Waals surface area contributed by atoms with E-state index >= 15 is 0 Å². The number of thiophene rings is 1. The summed E-state index contributed by atoms with van der Waals surface area (Å²) in [5.41, 5.74) is 0.626. The molecule has 0 radical (unpaired) electrons. The Bertz CT molecular complexity index is 987. The summed E-state index contributed by atoms with van der Waals surface area (Å²) in [6.45, 7) is 6.28. The maximum atomic E-state index is 13.0. The number of hydrogen-bond acceptors (Lipinski definition) is 6. The van der Waals surface area contributed by atoms with Crippen molar-refractivity contribution in [3.63, 3.8) is 0 Å². The monoisotopic (exact) mass is 433 g/mol. The van der Waals surface area contributed by atoms with E-state index in [1.165, 1.54) is 16.9 Å². The van der Waals surface area contributed by atoms with Crippen LogP contribution in [0.2, 0.25) is 0 Å². The van der Waals surface area contributed by atoms with Gasteiger partial charge in [-0.25, -0.2) is 4.98 Å². The van der Waals surface area contributed by atoms with Crippen LogP contribution < -0.4 is 5.56 Å². The lowest BCUT2D eigenvalue weighted by Crippen LogP contribution is -2.31. The van der Waals surface area contributed by atoms with Gasteiger partial charge in [0.15, 0.2) is 0 Å². The van der Waals surface area contributed by atoms with Gasteiger partial charge in [-0.15, -0.1) is 11.3 Å². The van der Waals surface area contributed by atoms with Crippen LogP contribution in [0.3, 0.4) is 0 Å². The number of hydrogen-bond donors (Lipinski definition) is 0. The molecule has 0 aliphatic heterocycles. The molecule has 0 saturated heterocycles. The van der Waals surface area contributed by atoms with Crippen LogP contribution in [0.15, 0.2) is 11.1 Å². The van der Waals surface area contributed by atoms with Crippen molar-refractivity contribution in [1.82, 2.24) is 14.5 Å². The molecule has 0 aromatic carbocycles. The molecule has 1 aliphatic rings. The largest absolute Gasteiger partial charge is 0.460 e. The van der Waals surface area contributed by atoms with Gasteiger partial charge < -0.3 is 9.64 Å². The van der Waals surface area contributed by atoms with E-state index in [2.05, 4.69) is 4.98 Å². The van der Waals surface area contributed by atoms with E-state index < -0.39 is 5.60 Å². The zero-order valence-electron chi connectivity index (χ0n) is 18.3. The number of carbonyl (C=O) groups is 2. The first-order chi connectivity index (χ1) is 14.2. The first-order valence-corrected chi connectivity index (χ1v) is 11.4. The third-order valence-corrected chi connectivity index (χ3v) is 6.43. The third kappa shape index (κ3) is 5.47. The molecule has 0 unspecified atom stereocenters. The van der Waals surface area contributed by atoms with E-state index in [1.54, 1.807) is 34.2 Å². The second-order valence-electron chi connectivity index (χ2n) is 8.89. The van der Waals surface area contributed by atoms with Crippen LogP contribution in [0.1, 0.15) is 63.3 Å². The highest BCUT2D eigenvalue weighted by atomic mass is 32.1. The minimum absolute atomic E-state index is 0.0419. The number of aryl methyl sites for hydroxylation is 3. The number of fused-ring (bicyclic) bond motifs is 3. The van der Waals surface area contributed by atoms with E-state index in [9.17, 15) is 14.4 Å². The van der Waals surface area contributed by atoms with E-state index in [0.29, 0.717) is 19.5 Å². The molecule has 0 N–H and O–H groups in total. The Hall–Kier alpha value is -2.22. The standard InChI is InChI=1S/C22H31N3O4S/c1-22(2,3)29-18(27)10-7-12-24(4)17(26)11-13-25-14-23-20-19(21(25)28)15-8-5-6-9-16(15)30-20/h14H,5-13H2,1-4H3. The molecule has 30 heavy (non-hydrogen) atoms. The lowest BCUT2D eigenvalue weighted by Gasteiger charge is -2.20. The molecule has 0 bridgehead atoms. The Balaban J connectivity index is 1.54. The van der Waals surface area contributed by atoms with Crippen LogP contribution in [0.4, 0.5) is 0 Å². The van der Waals surface area contributed by atoms with Crippen LogP contribution in [-0.4, -0.2) is 45.5 Å². The van der Waals surface area contributed by atoms with E-state index in [4.69, 9.17) is 4.74 Å². The minimum atomic E-state index is -0.497. The van der Waals surface area contributed by atoms with Gasteiger partial charge in [0, 0.05) is 37.9 Å². The number of amides is 1. The van der Waals surface area contributed by atoms with Crippen molar-refractivity contribution < 1.29 is 14.3 Å². The fourth-order valence-electron chi connectivity index (χ4n) is 3.73. The number of esters is 1. The van der Waals surface area contributed by atoms with Crippen molar-refractivity contribution in [2.45, 2.75) is 77.9 Å². The molecule has 0 fully saturated rings. The average molecular weight is 434 g/mol. The number of nitrogens with zero attached hydrogens (tertiary/aromatic N) is 3. The molecule has 2 heterocycles. The molecule has 0 saturated carbocycles. The zero-order valence-corrected chi connectivity index (χ0v) is 19.1. The zero-order chi connectivity index (χ0) is 21.9. The van der Waals surface area contributed by atoms with Crippen molar-refractivity contribution in [1.29, 1.82) is 0 Å². The maximum absolute atomic E-state index is 13.0. The van der Waals surface area contributed by atoms with Crippen molar-refractivity contribution in [3.8, 4) is 0 Å². The summed E-state index contributed by atoms with van der Waals surface area (Å²) in [6, 6.07) is 0. The van der Waals surface area contributed by atoms with Crippen molar-refractivity contribution in [2.24, 2.45) is 0 Å². The quantitative estimate of drug-likeness (QED) is 0.626. The predicted octanol–water partition coefficient (Wildman–Crippen LogP) is 3.31. The average Bonchev–Trinajstić information content (AvgIpc) is 3.05. The lowest BCUT2D eigenvalue weighted by molar-refractivity contribution is -0.155. The molecule has 1 amide bonds. The van der Waals surface area contributed by atoms with Gasteiger partial charge in [-0.2, -0.15) is 0 Å². The normalized spacial score (nSPS) is 13.9. The van der Waals surface area contributed by atoms with E-state index in [1.807, 2.05) is 20.8 Å². The number of aromatic nitrogens is 2. The van der Waals surface area contributed by atoms with Gasteiger partial charge in [-0.1, -0.05) is 0 Å².